The molecule has 0 saturated carbocycles. The van der Waals surface area contributed by atoms with Gasteiger partial charge in [-0.25, -0.2) is 0 Å². The highest BCUT2D eigenvalue weighted by molar-refractivity contribution is 5.91. The maximum atomic E-state index is 11.8. The minimum absolute atomic E-state index is 0.0539. The molecule has 0 aliphatic rings. The molecule has 43 heavy (non-hydrogen) atoms. The molecule has 5 heteroatoms. The lowest BCUT2D eigenvalue weighted by atomic mass is 10.1. The van der Waals surface area contributed by atoms with Crippen molar-refractivity contribution in [2.45, 2.75) is 129 Å². The van der Waals surface area contributed by atoms with Gasteiger partial charge in [-0.3, -0.25) is 9.59 Å². The summed E-state index contributed by atoms with van der Waals surface area (Å²) >= 11 is 0. The quantitative estimate of drug-likeness (QED) is 0.0253. The summed E-state index contributed by atoms with van der Waals surface area (Å²) in [6, 6.07) is 0. The van der Waals surface area contributed by atoms with Gasteiger partial charge in [0.05, 0.1) is 0 Å². The summed E-state index contributed by atoms with van der Waals surface area (Å²) in [6.07, 6.45) is 45.7. The number of carbonyl (C=O) groups is 2. The summed E-state index contributed by atoms with van der Waals surface area (Å²) in [5.74, 6) is -0.250. The Morgan fingerprint density at radius 3 is 1.14 bits per heavy atom. The highest BCUT2D eigenvalue weighted by Gasteiger charge is 1.98. The van der Waals surface area contributed by atoms with Crippen molar-refractivity contribution in [3.63, 3.8) is 0 Å². The standard InChI is InChI=1S/C38H62O5/c1-3-5-7-9-11-13-15-17-19-21-23-25-27-29-31-37(39)33-41-35-43-36-42-34-38(40)32-30-28-26-24-22-20-18-16-14-12-10-8-6-4-2/h9-12,25-32H,3-8,13-24,33-36H2,1-2H3/b11-9+,12-10+,27-25+,28-26+,31-29-,32-30-. The van der Waals surface area contributed by atoms with E-state index in [0.717, 1.165) is 12.8 Å². The second-order valence-electron chi connectivity index (χ2n) is 10.9. The topological polar surface area (TPSA) is 61.8 Å². The van der Waals surface area contributed by atoms with Gasteiger partial charge in [0.2, 0.25) is 0 Å². The van der Waals surface area contributed by atoms with Gasteiger partial charge in [0.25, 0.3) is 0 Å². The van der Waals surface area contributed by atoms with E-state index in [1.807, 2.05) is 12.2 Å². The third-order valence-corrected chi connectivity index (χ3v) is 6.65. The first-order valence-corrected chi connectivity index (χ1v) is 17.0. The van der Waals surface area contributed by atoms with Crippen LogP contribution in [0.4, 0.5) is 0 Å². The monoisotopic (exact) mass is 598 g/mol. The van der Waals surface area contributed by atoms with Gasteiger partial charge in [-0.05, 0) is 76.4 Å². The number of carbonyl (C=O) groups excluding carboxylic acids is 2. The normalized spacial score (nSPS) is 12.5. The molecule has 0 unspecified atom stereocenters. The van der Waals surface area contributed by atoms with Crippen molar-refractivity contribution in [2.75, 3.05) is 26.8 Å². The van der Waals surface area contributed by atoms with Gasteiger partial charge in [-0.2, -0.15) is 0 Å². The Labute approximate surface area is 264 Å². The Hall–Kier alpha value is -2.34. The minimum atomic E-state index is -0.125. The number of rotatable bonds is 32. The van der Waals surface area contributed by atoms with Crippen LogP contribution in [0.15, 0.2) is 72.9 Å². The fourth-order valence-corrected chi connectivity index (χ4v) is 4.08. The van der Waals surface area contributed by atoms with E-state index in [2.05, 4.69) is 50.3 Å². The first kappa shape index (κ1) is 40.7. The van der Waals surface area contributed by atoms with E-state index < -0.39 is 0 Å². The van der Waals surface area contributed by atoms with Crippen LogP contribution >= 0.6 is 0 Å². The molecule has 0 fully saturated rings. The van der Waals surface area contributed by atoms with E-state index in [9.17, 15) is 9.59 Å². The van der Waals surface area contributed by atoms with Crippen molar-refractivity contribution in [2.24, 2.45) is 0 Å². The zero-order valence-electron chi connectivity index (χ0n) is 27.5. The van der Waals surface area contributed by atoms with Crippen LogP contribution in [-0.2, 0) is 23.8 Å². The summed E-state index contributed by atoms with van der Waals surface area (Å²) in [5.41, 5.74) is 0. The SMILES string of the molecule is CCCC/C=C/CCCCCC/C=C/C=C\C(=O)COCOCOCC(=O)/C=C\C=C\CCCCCC/C=C/CCCC. The number of allylic oxidation sites excluding steroid dienone is 10. The van der Waals surface area contributed by atoms with Gasteiger partial charge in [-0.1, -0.05) is 126 Å². The fourth-order valence-electron chi connectivity index (χ4n) is 4.08. The lowest BCUT2D eigenvalue weighted by Crippen LogP contribution is -2.12. The summed E-state index contributed by atoms with van der Waals surface area (Å²) in [7, 11) is 0. The molecule has 0 rings (SSSR count). The molecule has 0 aromatic heterocycles. The first-order chi connectivity index (χ1) is 21.2. The average Bonchev–Trinajstić information content (AvgIpc) is 3.01. The summed E-state index contributed by atoms with van der Waals surface area (Å²) in [5, 5.41) is 0. The third kappa shape index (κ3) is 35.8. The van der Waals surface area contributed by atoms with Crippen LogP contribution in [0.5, 0.6) is 0 Å². The van der Waals surface area contributed by atoms with Crippen LogP contribution < -0.4 is 0 Å². The first-order valence-electron chi connectivity index (χ1n) is 17.0. The van der Waals surface area contributed by atoms with Crippen LogP contribution in [0, 0.1) is 0 Å². The molecule has 0 atom stereocenters. The van der Waals surface area contributed by atoms with Crippen molar-refractivity contribution in [3.8, 4) is 0 Å². The number of ketones is 2. The number of unbranched alkanes of at least 4 members (excludes halogenated alkanes) is 14. The highest BCUT2D eigenvalue weighted by Crippen LogP contribution is 2.08. The average molecular weight is 599 g/mol. The second kappa shape index (κ2) is 35.9. The Kier molecular flexibility index (Phi) is 33.9. The van der Waals surface area contributed by atoms with Crippen molar-refractivity contribution < 1.29 is 23.8 Å². The van der Waals surface area contributed by atoms with Crippen LogP contribution in [0.2, 0.25) is 0 Å². The maximum absolute atomic E-state index is 11.8. The van der Waals surface area contributed by atoms with Crippen LogP contribution in [0.25, 0.3) is 0 Å². The van der Waals surface area contributed by atoms with Crippen LogP contribution in [0.3, 0.4) is 0 Å². The van der Waals surface area contributed by atoms with Gasteiger partial charge in [0.1, 0.15) is 26.8 Å². The lowest BCUT2D eigenvalue weighted by molar-refractivity contribution is -0.147. The molecule has 0 N–H and O–H groups in total. The van der Waals surface area contributed by atoms with Gasteiger partial charge in [0, 0.05) is 0 Å². The van der Waals surface area contributed by atoms with Crippen LogP contribution in [-0.4, -0.2) is 38.4 Å². The third-order valence-electron chi connectivity index (χ3n) is 6.65. The van der Waals surface area contributed by atoms with Crippen LogP contribution in [0.1, 0.15) is 129 Å². The van der Waals surface area contributed by atoms with Gasteiger partial charge < -0.3 is 14.2 Å². The smallest absolute Gasteiger partial charge is 0.181 e. The summed E-state index contributed by atoms with van der Waals surface area (Å²) in [6.45, 7) is 4.22. The van der Waals surface area contributed by atoms with E-state index in [0.29, 0.717) is 0 Å². The molecule has 0 spiro atoms. The van der Waals surface area contributed by atoms with Crippen molar-refractivity contribution in [1.82, 2.24) is 0 Å². The molecule has 0 bridgehead atoms. The Balaban J connectivity index is 3.53. The minimum Gasteiger partial charge on any atom is -0.347 e. The Morgan fingerprint density at radius 1 is 0.419 bits per heavy atom. The van der Waals surface area contributed by atoms with Gasteiger partial charge >= 0.3 is 0 Å². The molecule has 0 aliphatic carbocycles. The van der Waals surface area contributed by atoms with E-state index in [1.54, 1.807) is 12.2 Å². The molecule has 0 amide bonds. The van der Waals surface area contributed by atoms with Gasteiger partial charge in [-0.15, -0.1) is 0 Å². The zero-order chi connectivity index (χ0) is 31.3. The fraction of sp³-hybridized carbons (Fsp3) is 0.632. The Bertz CT molecular complexity index is 737. The zero-order valence-corrected chi connectivity index (χ0v) is 27.5. The van der Waals surface area contributed by atoms with E-state index in [-0.39, 0.29) is 38.4 Å². The molecule has 0 aromatic carbocycles. The van der Waals surface area contributed by atoms with Crippen molar-refractivity contribution in [3.05, 3.63) is 72.9 Å². The predicted molar refractivity (Wildman–Crippen MR) is 182 cm³/mol. The molecule has 0 aromatic rings. The molecule has 0 radical (unpaired) electrons. The molecule has 0 heterocycles. The van der Waals surface area contributed by atoms with E-state index in [4.69, 9.17) is 14.2 Å². The predicted octanol–water partition coefficient (Wildman–Crippen LogP) is 10.5. The van der Waals surface area contributed by atoms with Crippen molar-refractivity contribution in [1.29, 1.82) is 0 Å². The largest absolute Gasteiger partial charge is 0.347 e. The molecule has 5 nitrogen and oxygen atoms in total. The number of ether oxygens (including phenoxy) is 3. The molecule has 0 saturated heterocycles. The molecular formula is C38H62O5. The lowest BCUT2D eigenvalue weighted by Gasteiger charge is -2.04. The maximum Gasteiger partial charge on any atom is 0.181 e. The highest BCUT2D eigenvalue weighted by atomic mass is 16.7. The second-order valence-corrected chi connectivity index (χ2v) is 10.9. The number of hydrogen-bond donors (Lipinski definition) is 0. The van der Waals surface area contributed by atoms with E-state index in [1.165, 1.54) is 115 Å². The summed E-state index contributed by atoms with van der Waals surface area (Å²) < 4.78 is 15.5. The Morgan fingerprint density at radius 2 is 0.767 bits per heavy atom. The summed E-state index contributed by atoms with van der Waals surface area (Å²) in [4.78, 5) is 23.6. The van der Waals surface area contributed by atoms with Gasteiger partial charge in [0.15, 0.2) is 11.6 Å². The van der Waals surface area contributed by atoms with E-state index >= 15 is 0 Å². The van der Waals surface area contributed by atoms with Crippen molar-refractivity contribution >= 4 is 11.6 Å². The molecule has 244 valence electrons. The molecule has 0 aliphatic heterocycles. The number of hydrogen-bond acceptors (Lipinski definition) is 5. The molecular weight excluding hydrogens is 536 g/mol.